The Morgan fingerprint density at radius 1 is 1.12 bits per heavy atom. The lowest BCUT2D eigenvalue weighted by Crippen LogP contribution is -2.28. The normalized spacial score (nSPS) is 10.4. The van der Waals surface area contributed by atoms with Gasteiger partial charge in [0.25, 0.3) is 5.91 Å². The van der Waals surface area contributed by atoms with Gasteiger partial charge in [-0.25, -0.2) is 9.59 Å². The number of nitrogens with zero attached hydrogens (tertiary/aromatic N) is 1. The molecule has 1 aromatic carbocycles. The minimum absolute atomic E-state index is 0.216. The highest BCUT2D eigenvalue weighted by molar-refractivity contribution is 7.20. The summed E-state index contributed by atoms with van der Waals surface area (Å²) in [5, 5.41) is 8.24. The monoisotopic (exact) mass is 502 g/mol. The van der Waals surface area contributed by atoms with Gasteiger partial charge in [0, 0.05) is 25.9 Å². The zero-order valence-electron chi connectivity index (χ0n) is 18.7. The number of pyridine rings is 1. The molecule has 9 nitrogen and oxygen atoms in total. The van der Waals surface area contributed by atoms with Crippen LogP contribution in [-0.2, 0) is 11.3 Å². The van der Waals surface area contributed by atoms with Gasteiger partial charge < -0.3 is 20.1 Å². The molecule has 0 unspecified atom stereocenters. The van der Waals surface area contributed by atoms with Crippen LogP contribution in [0.5, 0.6) is 11.5 Å². The average Bonchev–Trinajstić information content (AvgIpc) is 3.11. The maximum absolute atomic E-state index is 12.4. The first kappa shape index (κ1) is 25.0. The van der Waals surface area contributed by atoms with E-state index < -0.39 is 12.0 Å². The fourth-order valence-electron chi connectivity index (χ4n) is 2.89. The number of benzene rings is 1. The molecule has 0 fully saturated rings. The van der Waals surface area contributed by atoms with Crippen molar-refractivity contribution in [3.63, 3.8) is 0 Å². The summed E-state index contributed by atoms with van der Waals surface area (Å²) in [6, 6.07) is 9.80. The van der Waals surface area contributed by atoms with Gasteiger partial charge in [0.05, 0.1) is 16.5 Å². The second-order valence-electron chi connectivity index (χ2n) is 6.93. The van der Waals surface area contributed by atoms with Crippen LogP contribution >= 0.6 is 22.9 Å². The molecule has 2 heterocycles. The minimum atomic E-state index is -0.536. The van der Waals surface area contributed by atoms with Gasteiger partial charge in [0.2, 0.25) is 0 Å². The van der Waals surface area contributed by atoms with Crippen molar-refractivity contribution in [2.45, 2.75) is 20.4 Å². The standard InChI is InChI=1S/C23H23ClN4O5S/c1-4-32-22(30)18-13(2)19(24)34-21(18)28-23(31)27-12-14-5-7-15(8-6-14)33-16-9-10-26-17(11-16)20(29)25-3/h5-11H,4,12H2,1-3H3,(H,25,29)(H2,27,28,31). The zero-order chi connectivity index (χ0) is 24.7. The predicted octanol–water partition coefficient (Wildman–Crippen LogP) is 4.76. The van der Waals surface area contributed by atoms with Gasteiger partial charge in [-0.3, -0.25) is 15.1 Å². The third kappa shape index (κ3) is 6.24. The van der Waals surface area contributed by atoms with Crippen LogP contribution in [0.4, 0.5) is 9.80 Å². The number of thiophene rings is 1. The summed E-state index contributed by atoms with van der Waals surface area (Å²) in [6.45, 7) is 3.86. The molecular weight excluding hydrogens is 480 g/mol. The fraction of sp³-hybridized carbons (Fsp3) is 0.217. The number of aromatic nitrogens is 1. The van der Waals surface area contributed by atoms with Crippen molar-refractivity contribution >= 4 is 45.8 Å². The lowest BCUT2D eigenvalue weighted by Gasteiger charge is -2.10. The molecule has 3 aromatic rings. The number of halogens is 1. The summed E-state index contributed by atoms with van der Waals surface area (Å²) in [5.74, 6) is 0.191. The van der Waals surface area contributed by atoms with Crippen molar-refractivity contribution in [3.05, 3.63) is 69.3 Å². The Morgan fingerprint density at radius 2 is 1.85 bits per heavy atom. The smallest absolute Gasteiger partial charge is 0.341 e. The molecule has 3 N–H and O–H groups in total. The number of anilines is 1. The topological polar surface area (TPSA) is 119 Å². The molecule has 3 rings (SSSR count). The molecule has 0 saturated heterocycles. The van der Waals surface area contributed by atoms with Gasteiger partial charge in [0.15, 0.2) is 0 Å². The molecule has 2 aromatic heterocycles. The average molecular weight is 503 g/mol. The van der Waals surface area contributed by atoms with Gasteiger partial charge in [-0.1, -0.05) is 23.7 Å². The second-order valence-corrected chi connectivity index (χ2v) is 8.56. The molecule has 3 amide bonds. The first-order chi connectivity index (χ1) is 16.3. The number of nitrogens with one attached hydrogen (secondary N) is 3. The van der Waals surface area contributed by atoms with Crippen molar-refractivity contribution in [2.24, 2.45) is 0 Å². The van der Waals surface area contributed by atoms with Crippen LogP contribution in [0.25, 0.3) is 0 Å². The second kappa shape index (κ2) is 11.5. The van der Waals surface area contributed by atoms with Crippen LogP contribution in [0.15, 0.2) is 42.6 Å². The number of rotatable bonds is 8. The molecule has 0 aliphatic rings. The Labute approximate surface area is 205 Å². The Kier molecular flexibility index (Phi) is 8.44. The Balaban J connectivity index is 1.58. The molecule has 0 bridgehead atoms. The van der Waals surface area contributed by atoms with Crippen molar-refractivity contribution in [1.29, 1.82) is 0 Å². The quantitative estimate of drug-likeness (QED) is 0.382. The summed E-state index contributed by atoms with van der Waals surface area (Å²) in [7, 11) is 1.53. The van der Waals surface area contributed by atoms with E-state index in [0.717, 1.165) is 16.9 Å². The molecular formula is C23H23ClN4O5S. The van der Waals surface area contributed by atoms with E-state index in [1.807, 2.05) is 0 Å². The highest BCUT2D eigenvalue weighted by Gasteiger charge is 2.22. The number of hydrogen-bond acceptors (Lipinski definition) is 7. The third-order valence-corrected chi connectivity index (χ3v) is 6.11. The van der Waals surface area contributed by atoms with Crippen molar-refractivity contribution in [2.75, 3.05) is 19.0 Å². The van der Waals surface area contributed by atoms with E-state index >= 15 is 0 Å². The van der Waals surface area contributed by atoms with Gasteiger partial charge in [-0.2, -0.15) is 0 Å². The molecule has 178 valence electrons. The number of carbonyl (C=O) groups is 3. The number of urea groups is 1. The van der Waals surface area contributed by atoms with Crippen LogP contribution in [0.3, 0.4) is 0 Å². The minimum Gasteiger partial charge on any atom is -0.462 e. The summed E-state index contributed by atoms with van der Waals surface area (Å²) in [5.41, 5.74) is 1.89. The van der Waals surface area contributed by atoms with E-state index in [1.165, 1.54) is 13.2 Å². The molecule has 0 spiro atoms. The molecule has 11 heteroatoms. The number of amides is 3. The summed E-state index contributed by atoms with van der Waals surface area (Å²) < 4.78 is 11.2. The summed E-state index contributed by atoms with van der Waals surface area (Å²) >= 11 is 7.24. The van der Waals surface area contributed by atoms with E-state index in [-0.39, 0.29) is 30.3 Å². The van der Waals surface area contributed by atoms with Gasteiger partial charge in [-0.05, 0) is 43.2 Å². The Morgan fingerprint density at radius 3 is 2.53 bits per heavy atom. The van der Waals surface area contributed by atoms with Crippen LogP contribution < -0.4 is 20.7 Å². The van der Waals surface area contributed by atoms with E-state index in [0.29, 0.717) is 26.4 Å². The van der Waals surface area contributed by atoms with E-state index in [1.54, 1.807) is 50.2 Å². The van der Waals surface area contributed by atoms with E-state index in [2.05, 4.69) is 20.9 Å². The molecule has 0 atom stereocenters. The van der Waals surface area contributed by atoms with Gasteiger partial charge in [-0.15, -0.1) is 11.3 Å². The Bertz CT molecular complexity index is 1200. The summed E-state index contributed by atoms with van der Waals surface area (Å²) in [4.78, 5) is 40.3. The number of esters is 1. The number of ether oxygens (including phenoxy) is 2. The maximum Gasteiger partial charge on any atom is 0.341 e. The molecule has 0 radical (unpaired) electrons. The lowest BCUT2D eigenvalue weighted by atomic mass is 10.2. The van der Waals surface area contributed by atoms with Crippen LogP contribution in [0.1, 0.15) is 38.9 Å². The van der Waals surface area contributed by atoms with Crippen LogP contribution in [0, 0.1) is 6.92 Å². The highest BCUT2D eigenvalue weighted by Crippen LogP contribution is 2.37. The van der Waals surface area contributed by atoms with Crippen LogP contribution in [0.2, 0.25) is 4.34 Å². The van der Waals surface area contributed by atoms with Gasteiger partial charge >= 0.3 is 12.0 Å². The molecule has 0 aliphatic carbocycles. The van der Waals surface area contributed by atoms with Gasteiger partial charge in [0.1, 0.15) is 22.2 Å². The maximum atomic E-state index is 12.4. The molecule has 0 aliphatic heterocycles. The van der Waals surface area contributed by atoms with Crippen molar-refractivity contribution in [3.8, 4) is 11.5 Å². The van der Waals surface area contributed by atoms with Crippen LogP contribution in [-0.4, -0.2) is 36.5 Å². The number of carbonyl (C=O) groups excluding carboxylic acids is 3. The number of hydrogen-bond donors (Lipinski definition) is 3. The third-order valence-electron chi connectivity index (χ3n) is 4.60. The van der Waals surface area contributed by atoms with Crippen molar-refractivity contribution < 1.29 is 23.9 Å². The van der Waals surface area contributed by atoms with E-state index in [4.69, 9.17) is 21.1 Å². The molecule has 34 heavy (non-hydrogen) atoms. The SMILES string of the molecule is CCOC(=O)c1c(NC(=O)NCc2ccc(Oc3ccnc(C(=O)NC)c3)cc2)sc(Cl)c1C. The predicted molar refractivity (Wildman–Crippen MR) is 130 cm³/mol. The highest BCUT2D eigenvalue weighted by atomic mass is 35.5. The lowest BCUT2D eigenvalue weighted by molar-refractivity contribution is 0.0527. The van der Waals surface area contributed by atoms with Crippen molar-refractivity contribution in [1.82, 2.24) is 15.6 Å². The largest absolute Gasteiger partial charge is 0.462 e. The Hall–Kier alpha value is -3.63. The first-order valence-electron chi connectivity index (χ1n) is 10.3. The molecule has 0 saturated carbocycles. The summed E-state index contributed by atoms with van der Waals surface area (Å²) in [6.07, 6.45) is 1.49. The van der Waals surface area contributed by atoms with E-state index in [9.17, 15) is 14.4 Å². The zero-order valence-corrected chi connectivity index (χ0v) is 20.3. The fourth-order valence-corrected chi connectivity index (χ4v) is 4.13. The first-order valence-corrected chi connectivity index (χ1v) is 11.5.